The van der Waals surface area contributed by atoms with Gasteiger partial charge < -0.3 is 14.8 Å². The summed E-state index contributed by atoms with van der Waals surface area (Å²) in [7, 11) is 3.18. The molecule has 0 spiro atoms. The first kappa shape index (κ1) is 12.3. The highest BCUT2D eigenvalue weighted by Gasteiger charge is 2.33. The number of halogens is 1. The second-order valence-corrected chi connectivity index (χ2v) is 4.46. The topological polar surface area (TPSA) is 30.5 Å². The van der Waals surface area contributed by atoms with Crippen LogP contribution in [0.2, 0.25) is 0 Å². The molecule has 17 heavy (non-hydrogen) atoms. The zero-order valence-corrected chi connectivity index (χ0v) is 10.3. The van der Waals surface area contributed by atoms with Gasteiger partial charge in [-0.15, -0.1) is 0 Å². The van der Waals surface area contributed by atoms with E-state index in [0.717, 1.165) is 31.5 Å². The van der Waals surface area contributed by atoms with Crippen LogP contribution in [0.1, 0.15) is 12.0 Å². The molecule has 1 atom stereocenters. The molecule has 0 amide bonds. The molecule has 1 N–H and O–H groups in total. The Morgan fingerprint density at radius 2 is 2.24 bits per heavy atom. The van der Waals surface area contributed by atoms with E-state index in [9.17, 15) is 4.39 Å². The van der Waals surface area contributed by atoms with Gasteiger partial charge in [0.05, 0.1) is 12.7 Å². The Balaban J connectivity index is 2.15. The average Bonchev–Trinajstić information content (AvgIpc) is 2.79. The number of hydrogen-bond donors (Lipinski definition) is 1. The molecule has 1 saturated heterocycles. The highest BCUT2D eigenvalue weighted by atomic mass is 19.1. The summed E-state index contributed by atoms with van der Waals surface area (Å²) in [6.07, 6.45) is 1.68. The molecule has 0 aromatic heterocycles. The molecule has 3 nitrogen and oxygen atoms in total. The Morgan fingerprint density at radius 1 is 1.41 bits per heavy atom. The molecule has 1 aromatic rings. The summed E-state index contributed by atoms with van der Waals surface area (Å²) in [5, 5.41) is 3.28. The van der Waals surface area contributed by atoms with Crippen molar-refractivity contribution in [1.29, 1.82) is 0 Å². The number of hydrogen-bond acceptors (Lipinski definition) is 3. The zero-order valence-electron chi connectivity index (χ0n) is 10.3. The number of nitrogens with one attached hydrogen (secondary N) is 1. The molecule has 1 fully saturated rings. The summed E-state index contributed by atoms with van der Waals surface area (Å²) in [5.41, 5.74) is 0.745. The Hall–Kier alpha value is -1.13. The van der Waals surface area contributed by atoms with Crippen LogP contribution in [-0.2, 0) is 11.2 Å². The van der Waals surface area contributed by atoms with Gasteiger partial charge in [0.1, 0.15) is 0 Å². The van der Waals surface area contributed by atoms with Crippen molar-refractivity contribution in [2.24, 2.45) is 0 Å². The van der Waals surface area contributed by atoms with E-state index in [1.165, 1.54) is 13.2 Å². The van der Waals surface area contributed by atoms with Gasteiger partial charge >= 0.3 is 0 Å². The van der Waals surface area contributed by atoms with Crippen molar-refractivity contribution in [3.63, 3.8) is 0 Å². The van der Waals surface area contributed by atoms with E-state index in [-0.39, 0.29) is 17.2 Å². The second-order valence-electron chi connectivity index (χ2n) is 4.46. The molecule has 0 aliphatic carbocycles. The average molecular weight is 239 g/mol. The zero-order chi connectivity index (χ0) is 12.3. The minimum Gasteiger partial charge on any atom is -0.494 e. The van der Waals surface area contributed by atoms with Gasteiger partial charge in [-0.05, 0) is 30.7 Å². The summed E-state index contributed by atoms with van der Waals surface area (Å²) in [6.45, 7) is 1.77. The van der Waals surface area contributed by atoms with Gasteiger partial charge in [0.25, 0.3) is 0 Å². The van der Waals surface area contributed by atoms with Crippen molar-refractivity contribution in [2.45, 2.75) is 18.4 Å². The van der Waals surface area contributed by atoms with Gasteiger partial charge in [-0.1, -0.05) is 6.07 Å². The minimum absolute atomic E-state index is 0.193. The van der Waals surface area contributed by atoms with Crippen LogP contribution in [-0.4, -0.2) is 32.9 Å². The summed E-state index contributed by atoms with van der Waals surface area (Å²) < 4.78 is 24.1. The third-order valence-corrected chi connectivity index (χ3v) is 3.38. The van der Waals surface area contributed by atoms with E-state index in [1.807, 2.05) is 6.07 Å². The van der Waals surface area contributed by atoms with Crippen LogP contribution in [0.15, 0.2) is 18.2 Å². The van der Waals surface area contributed by atoms with E-state index >= 15 is 0 Å². The van der Waals surface area contributed by atoms with E-state index in [1.54, 1.807) is 13.2 Å². The van der Waals surface area contributed by atoms with Crippen LogP contribution in [0, 0.1) is 5.82 Å². The van der Waals surface area contributed by atoms with Crippen LogP contribution in [0.4, 0.5) is 4.39 Å². The summed E-state index contributed by atoms with van der Waals surface area (Å²) in [5.74, 6) is -0.0352. The third-order valence-electron chi connectivity index (χ3n) is 3.38. The molecule has 94 valence electrons. The minimum atomic E-state index is -0.317. The van der Waals surface area contributed by atoms with E-state index in [0.29, 0.717) is 0 Å². The maximum atomic E-state index is 13.6. The number of rotatable bonds is 4. The monoisotopic (exact) mass is 239 g/mol. The van der Waals surface area contributed by atoms with Gasteiger partial charge in [-0.2, -0.15) is 0 Å². The van der Waals surface area contributed by atoms with Crippen molar-refractivity contribution in [2.75, 3.05) is 27.3 Å². The summed E-state index contributed by atoms with van der Waals surface area (Å²) >= 11 is 0. The lowest BCUT2D eigenvalue weighted by atomic mass is 9.93. The molecule has 1 aliphatic heterocycles. The second kappa shape index (κ2) is 5.02. The maximum absolute atomic E-state index is 13.6. The van der Waals surface area contributed by atoms with Crippen molar-refractivity contribution >= 4 is 0 Å². The molecule has 0 bridgehead atoms. The van der Waals surface area contributed by atoms with Crippen molar-refractivity contribution in [3.8, 4) is 5.75 Å². The van der Waals surface area contributed by atoms with Crippen molar-refractivity contribution in [3.05, 3.63) is 29.6 Å². The summed E-state index contributed by atoms with van der Waals surface area (Å²) in [4.78, 5) is 0. The summed E-state index contributed by atoms with van der Waals surface area (Å²) in [6, 6.07) is 5.08. The van der Waals surface area contributed by atoms with Crippen molar-refractivity contribution in [1.82, 2.24) is 5.32 Å². The maximum Gasteiger partial charge on any atom is 0.165 e. The Kier molecular flexibility index (Phi) is 3.64. The number of methoxy groups -OCH3 is 2. The first-order valence-corrected chi connectivity index (χ1v) is 5.77. The lowest BCUT2D eigenvalue weighted by Gasteiger charge is -2.26. The lowest BCUT2D eigenvalue weighted by molar-refractivity contribution is 0.00770. The quantitative estimate of drug-likeness (QED) is 0.868. The molecular formula is C13H18FNO2. The lowest BCUT2D eigenvalue weighted by Crippen LogP contribution is -2.36. The number of ether oxygens (including phenoxy) is 2. The predicted octanol–water partition coefficient (Wildman–Crippen LogP) is 1.76. The van der Waals surface area contributed by atoms with Crippen LogP contribution >= 0.6 is 0 Å². The largest absolute Gasteiger partial charge is 0.494 e. The molecule has 1 unspecified atom stereocenters. The van der Waals surface area contributed by atoms with Gasteiger partial charge in [0, 0.05) is 20.1 Å². The molecular weight excluding hydrogens is 221 g/mol. The van der Waals surface area contributed by atoms with E-state index < -0.39 is 0 Å². The standard InChI is InChI=1S/C13H18FNO2/c1-16-12-4-3-10(7-11(12)14)8-13(17-2)5-6-15-9-13/h3-4,7,15H,5-6,8-9H2,1-2H3. The van der Waals surface area contributed by atoms with Gasteiger partial charge in [-0.25, -0.2) is 4.39 Å². The van der Waals surface area contributed by atoms with E-state index in [2.05, 4.69) is 5.32 Å². The molecule has 1 aromatic carbocycles. The first-order valence-electron chi connectivity index (χ1n) is 5.77. The van der Waals surface area contributed by atoms with Gasteiger partial charge in [0.15, 0.2) is 11.6 Å². The van der Waals surface area contributed by atoms with Crippen LogP contribution in [0.25, 0.3) is 0 Å². The molecule has 0 radical (unpaired) electrons. The fraction of sp³-hybridized carbons (Fsp3) is 0.538. The third kappa shape index (κ3) is 2.58. The van der Waals surface area contributed by atoms with Crippen LogP contribution < -0.4 is 10.1 Å². The van der Waals surface area contributed by atoms with Crippen LogP contribution in [0.3, 0.4) is 0 Å². The predicted molar refractivity (Wildman–Crippen MR) is 63.9 cm³/mol. The van der Waals surface area contributed by atoms with Crippen LogP contribution in [0.5, 0.6) is 5.75 Å². The Bertz CT molecular complexity index is 389. The first-order chi connectivity index (χ1) is 8.19. The molecule has 1 aliphatic rings. The molecule has 2 rings (SSSR count). The van der Waals surface area contributed by atoms with Crippen molar-refractivity contribution < 1.29 is 13.9 Å². The SMILES string of the molecule is COc1ccc(CC2(OC)CCNC2)cc1F. The highest BCUT2D eigenvalue weighted by molar-refractivity contribution is 5.30. The highest BCUT2D eigenvalue weighted by Crippen LogP contribution is 2.26. The van der Waals surface area contributed by atoms with Gasteiger partial charge in [0.2, 0.25) is 0 Å². The molecule has 1 heterocycles. The number of benzene rings is 1. The molecule has 4 heteroatoms. The Labute approximate surface area is 101 Å². The van der Waals surface area contributed by atoms with Gasteiger partial charge in [-0.3, -0.25) is 0 Å². The van der Waals surface area contributed by atoms with E-state index in [4.69, 9.17) is 9.47 Å². The smallest absolute Gasteiger partial charge is 0.165 e. The molecule has 0 saturated carbocycles. The Morgan fingerprint density at radius 3 is 2.76 bits per heavy atom. The normalized spacial score (nSPS) is 23.9. The fourth-order valence-electron chi connectivity index (χ4n) is 2.31. The fourth-order valence-corrected chi connectivity index (χ4v) is 2.31.